The van der Waals surface area contributed by atoms with Crippen molar-refractivity contribution in [3.63, 3.8) is 0 Å². The minimum absolute atomic E-state index is 0.146. The van der Waals surface area contributed by atoms with Crippen LogP contribution in [0.4, 0.5) is 11.4 Å². The van der Waals surface area contributed by atoms with E-state index in [0.717, 1.165) is 5.56 Å². The highest BCUT2D eigenvalue weighted by atomic mass is 35.5. The molecule has 1 unspecified atom stereocenters. The number of benzene rings is 3. The van der Waals surface area contributed by atoms with Gasteiger partial charge >= 0.3 is 0 Å². The van der Waals surface area contributed by atoms with Gasteiger partial charge in [-0.15, -0.1) is 0 Å². The van der Waals surface area contributed by atoms with Gasteiger partial charge in [0.15, 0.2) is 6.10 Å². The summed E-state index contributed by atoms with van der Waals surface area (Å²) in [7, 11) is -3.87. The second-order valence-electron chi connectivity index (χ2n) is 6.87. The lowest BCUT2D eigenvalue weighted by Crippen LogP contribution is -2.48. The molecule has 0 bridgehead atoms. The smallest absolute Gasteiger partial charge is 0.267 e. The number of rotatable bonds is 4. The summed E-state index contributed by atoms with van der Waals surface area (Å²) in [4.78, 5) is 13.1. The van der Waals surface area contributed by atoms with Crippen LogP contribution in [0.3, 0.4) is 0 Å². The molecule has 3 aromatic rings. The summed E-state index contributed by atoms with van der Waals surface area (Å²) in [6, 6.07) is 20.0. The van der Waals surface area contributed by atoms with E-state index < -0.39 is 22.0 Å². The molecule has 0 aromatic heterocycles. The van der Waals surface area contributed by atoms with Crippen LogP contribution in [0.5, 0.6) is 5.75 Å². The zero-order valence-corrected chi connectivity index (χ0v) is 17.7. The van der Waals surface area contributed by atoms with Crippen LogP contribution in [-0.2, 0) is 14.8 Å². The summed E-state index contributed by atoms with van der Waals surface area (Å²) in [5.41, 5.74) is 1.78. The molecule has 3 aromatic carbocycles. The average Bonchev–Trinajstić information content (AvgIpc) is 2.75. The first-order valence-corrected chi connectivity index (χ1v) is 11.1. The second kappa shape index (κ2) is 8.01. The van der Waals surface area contributed by atoms with Crippen LogP contribution in [0, 0.1) is 6.92 Å². The lowest BCUT2D eigenvalue weighted by molar-refractivity contribution is -0.122. The third kappa shape index (κ3) is 3.86. The van der Waals surface area contributed by atoms with Crippen LogP contribution < -0.4 is 14.4 Å². The van der Waals surface area contributed by atoms with Gasteiger partial charge in [0.25, 0.3) is 15.9 Å². The number of ether oxygens (including phenoxy) is 1. The van der Waals surface area contributed by atoms with Gasteiger partial charge in [0.1, 0.15) is 5.75 Å². The topological polar surface area (TPSA) is 75.7 Å². The number of halogens is 1. The number of para-hydroxylation sites is 2. The molecule has 4 rings (SSSR count). The number of aryl methyl sites for hydroxylation is 1. The zero-order chi connectivity index (χ0) is 21.3. The summed E-state index contributed by atoms with van der Waals surface area (Å²) in [5.74, 6) is -0.112. The summed E-state index contributed by atoms with van der Waals surface area (Å²) in [6.07, 6.45) is -1.02. The van der Waals surface area contributed by atoms with Gasteiger partial charge in [0.2, 0.25) is 0 Å². The number of carbonyl (C=O) groups excluding carboxylic acids is 1. The third-order valence-electron chi connectivity index (χ3n) is 4.80. The molecular weight excluding hydrogens is 424 g/mol. The van der Waals surface area contributed by atoms with Gasteiger partial charge in [-0.05, 0) is 55.0 Å². The highest BCUT2D eigenvalue weighted by molar-refractivity contribution is 7.92. The predicted octanol–water partition coefficient (Wildman–Crippen LogP) is 4.24. The Hall–Kier alpha value is -3.03. The van der Waals surface area contributed by atoms with Crippen LogP contribution >= 0.6 is 11.6 Å². The Morgan fingerprint density at radius 3 is 2.50 bits per heavy atom. The van der Waals surface area contributed by atoms with Crippen LogP contribution in [-0.4, -0.2) is 27.0 Å². The Balaban J connectivity index is 1.67. The first-order chi connectivity index (χ1) is 14.4. The molecule has 1 heterocycles. The molecule has 0 aliphatic carbocycles. The quantitative estimate of drug-likeness (QED) is 0.655. The van der Waals surface area contributed by atoms with Crippen molar-refractivity contribution < 1.29 is 17.9 Å². The monoisotopic (exact) mass is 442 g/mol. The fourth-order valence-corrected chi connectivity index (χ4v) is 4.99. The Bertz CT molecular complexity index is 1200. The van der Waals surface area contributed by atoms with Crippen molar-refractivity contribution in [3.05, 3.63) is 83.4 Å². The Morgan fingerprint density at radius 1 is 1.07 bits per heavy atom. The molecule has 1 aliphatic heterocycles. The lowest BCUT2D eigenvalue weighted by Gasteiger charge is -2.34. The molecule has 0 radical (unpaired) electrons. The molecular formula is C22H19ClN2O4S. The first-order valence-electron chi connectivity index (χ1n) is 9.27. The van der Waals surface area contributed by atoms with E-state index in [1.165, 1.54) is 16.4 Å². The number of amides is 1. The zero-order valence-electron chi connectivity index (χ0n) is 16.1. The fraction of sp³-hybridized carbons (Fsp3) is 0.136. The molecule has 1 amide bonds. The molecule has 1 aliphatic rings. The maximum atomic E-state index is 13.3. The van der Waals surface area contributed by atoms with Crippen LogP contribution in [0.1, 0.15) is 5.56 Å². The van der Waals surface area contributed by atoms with Gasteiger partial charge in [-0.1, -0.05) is 41.9 Å². The predicted molar refractivity (Wildman–Crippen MR) is 117 cm³/mol. The van der Waals surface area contributed by atoms with E-state index in [-0.39, 0.29) is 11.4 Å². The van der Waals surface area contributed by atoms with Crippen molar-refractivity contribution in [1.82, 2.24) is 0 Å². The molecule has 154 valence electrons. The van der Waals surface area contributed by atoms with Crippen molar-refractivity contribution in [2.75, 3.05) is 16.2 Å². The minimum atomic E-state index is -3.87. The van der Waals surface area contributed by atoms with Gasteiger partial charge < -0.3 is 10.1 Å². The number of nitrogens with one attached hydrogen (secondary N) is 1. The number of fused-ring (bicyclic) bond motifs is 1. The Kier molecular flexibility index (Phi) is 5.40. The largest absolute Gasteiger partial charge is 0.476 e. The lowest BCUT2D eigenvalue weighted by atomic mass is 10.1. The van der Waals surface area contributed by atoms with Crippen LogP contribution in [0.2, 0.25) is 5.02 Å². The van der Waals surface area contributed by atoms with Crippen molar-refractivity contribution in [2.24, 2.45) is 0 Å². The number of nitrogens with zero attached hydrogens (tertiary/aromatic N) is 1. The van der Waals surface area contributed by atoms with E-state index in [0.29, 0.717) is 22.1 Å². The van der Waals surface area contributed by atoms with Crippen molar-refractivity contribution >= 4 is 38.9 Å². The van der Waals surface area contributed by atoms with Gasteiger partial charge in [-0.3, -0.25) is 9.10 Å². The van der Waals surface area contributed by atoms with Gasteiger partial charge in [-0.2, -0.15) is 0 Å². The van der Waals surface area contributed by atoms with E-state index in [2.05, 4.69) is 5.32 Å². The second-order valence-corrected chi connectivity index (χ2v) is 9.17. The number of carbonyl (C=O) groups is 1. The van der Waals surface area contributed by atoms with E-state index in [9.17, 15) is 13.2 Å². The summed E-state index contributed by atoms with van der Waals surface area (Å²) in [5, 5.41) is 3.37. The van der Waals surface area contributed by atoms with Crippen LogP contribution in [0.25, 0.3) is 0 Å². The molecule has 1 atom stereocenters. The van der Waals surface area contributed by atoms with Crippen molar-refractivity contribution in [1.29, 1.82) is 0 Å². The van der Waals surface area contributed by atoms with Crippen LogP contribution in [0.15, 0.2) is 77.7 Å². The van der Waals surface area contributed by atoms with E-state index in [1.54, 1.807) is 60.7 Å². The number of hydrogen-bond donors (Lipinski definition) is 1. The Labute approximate surface area is 180 Å². The minimum Gasteiger partial charge on any atom is -0.476 e. The molecule has 0 saturated heterocycles. The van der Waals surface area contributed by atoms with Crippen molar-refractivity contribution in [2.45, 2.75) is 17.9 Å². The number of anilines is 2. The van der Waals surface area contributed by atoms with E-state index in [4.69, 9.17) is 16.3 Å². The normalized spacial score (nSPS) is 15.8. The fourth-order valence-electron chi connectivity index (χ4n) is 3.27. The number of sulfonamides is 1. The van der Waals surface area contributed by atoms with Crippen molar-refractivity contribution in [3.8, 4) is 5.75 Å². The summed E-state index contributed by atoms with van der Waals surface area (Å²) in [6.45, 7) is 1.68. The van der Waals surface area contributed by atoms with Gasteiger partial charge in [-0.25, -0.2) is 8.42 Å². The first kappa shape index (κ1) is 20.3. The molecule has 0 fully saturated rings. The average molecular weight is 443 g/mol. The van der Waals surface area contributed by atoms with E-state index in [1.807, 2.05) is 6.92 Å². The number of hydrogen-bond acceptors (Lipinski definition) is 4. The molecule has 0 spiro atoms. The SMILES string of the molecule is Cc1cc(Cl)ccc1NC(=O)C1CN(S(=O)(=O)c2ccccc2)c2ccccc2O1. The molecule has 6 nitrogen and oxygen atoms in total. The maximum absolute atomic E-state index is 13.3. The molecule has 8 heteroatoms. The molecule has 1 N–H and O–H groups in total. The highest BCUT2D eigenvalue weighted by Gasteiger charge is 2.37. The Morgan fingerprint density at radius 2 is 1.77 bits per heavy atom. The van der Waals surface area contributed by atoms with Gasteiger partial charge in [0.05, 0.1) is 17.1 Å². The molecule has 30 heavy (non-hydrogen) atoms. The summed E-state index contributed by atoms with van der Waals surface area (Å²) >= 11 is 5.98. The van der Waals surface area contributed by atoms with Gasteiger partial charge in [0, 0.05) is 10.7 Å². The highest BCUT2D eigenvalue weighted by Crippen LogP contribution is 2.37. The third-order valence-corrected chi connectivity index (χ3v) is 6.83. The van der Waals surface area contributed by atoms with E-state index >= 15 is 0 Å². The standard InChI is InChI=1S/C22H19ClN2O4S/c1-15-13-16(23)11-12-18(15)24-22(26)21-14-25(19-9-5-6-10-20(19)29-21)30(27,28)17-7-3-2-4-8-17/h2-13,21H,14H2,1H3,(H,24,26). The molecule has 0 saturated carbocycles. The summed E-state index contributed by atoms with van der Waals surface area (Å²) < 4.78 is 33.7. The maximum Gasteiger partial charge on any atom is 0.267 e.